The van der Waals surface area contributed by atoms with E-state index >= 15 is 0 Å². The predicted octanol–water partition coefficient (Wildman–Crippen LogP) is 1.92. The number of rotatable bonds is 6. The smallest absolute Gasteiger partial charge is 0.248 e. The molecule has 1 amide bonds. The molecule has 21 heavy (non-hydrogen) atoms. The molecule has 0 spiro atoms. The molecule has 0 aliphatic heterocycles. The van der Waals surface area contributed by atoms with Crippen molar-refractivity contribution in [3.8, 4) is 0 Å². The second kappa shape index (κ2) is 7.02. The Kier molecular flexibility index (Phi) is 5.09. The third-order valence-corrected chi connectivity index (χ3v) is 3.46. The van der Waals surface area contributed by atoms with Crippen LogP contribution in [-0.2, 0) is 6.54 Å². The van der Waals surface area contributed by atoms with E-state index in [2.05, 4.69) is 5.32 Å². The molecule has 0 aliphatic carbocycles. The van der Waals surface area contributed by atoms with Crippen LogP contribution in [-0.4, -0.2) is 17.6 Å². The van der Waals surface area contributed by atoms with Gasteiger partial charge in [0, 0.05) is 18.7 Å². The van der Waals surface area contributed by atoms with Crippen molar-refractivity contribution in [2.24, 2.45) is 5.73 Å². The summed E-state index contributed by atoms with van der Waals surface area (Å²) in [6.45, 7) is 3.05. The van der Waals surface area contributed by atoms with Gasteiger partial charge in [0.2, 0.25) is 5.91 Å². The molecule has 0 saturated carbocycles. The fraction of sp³-hybridized carbons (Fsp3) is 0.235. The lowest BCUT2D eigenvalue weighted by atomic mass is 10.0. The van der Waals surface area contributed by atoms with Crippen molar-refractivity contribution in [2.75, 3.05) is 6.54 Å². The number of aliphatic hydroxyl groups excluding tert-OH is 1. The quantitative estimate of drug-likeness (QED) is 0.758. The number of carbonyl (C=O) groups excluding carboxylic acids is 1. The fourth-order valence-corrected chi connectivity index (χ4v) is 2.18. The molecule has 0 heterocycles. The first-order valence-electron chi connectivity index (χ1n) is 6.91. The van der Waals surface area contributed by atoms with E-state index in [4.69, 9.17) is 5.73 Å². The SMILES string of the molecule is Cc1cc(C(N)=O)ccc1CNCC(O)c1ccccc1. The summed E-state index contributed by atoms with van der Waals surface area (Å²) in [5.74, 6) is -0.419. The number of benzene rings is 2. The largest absolute Gasteiger partial charge is 0.387 e. The van der Waals surface area contributed by atoms with Gasteiger partial charge in [-0.05, 0) is 35.7 Å². The average molecular weight is 284 g/mol. The van der Waals surface area contributed by atoms with Crippen LogP contribution in [0, 0.1) is 6.92 Å². The van der Waals surface area contributed by atoms with E-state index in [9.17, 15) is 9.90 Å². The zero-order valence-corrected chi connectivity index (χ0v) is 12.0. The van der Waals surface area contributed by atoms with Gasteiger partial charge < -0.3 is 16.2 Å². The number of aryl methyl sites for hydroxylation is 1. The highest BCUT2D eigenvalue weighted by molar-refractivity contribution is 5.93. The van der Waals surface area contributed by atoms with Crippen LogP contribution in [0.25, 0.3) is 0 Å². The van der Waals surface area contributed by atoms with E-state index in [1.807, 2.05) is 43.3 Å². The highest BCUT2D eigenvalue weighted by Gasteiger charge is 2.07. The van der Waals surface area contributed by atoms with Crippen LogP contribution < -0.4 is 11.1 Å². The molecule has 0 radical (unpaired) electrons. The number of hydrogen-bond donors (Lipinski definition) is 3. The fourth-order valence-electron chi connectivity index (χ4n) is 2.18. The van der Waals surface area contributed by atoms with Crippen LogP contribution in [0.15, 0.2) is 48.5 Å². The van der Waals surface area contributed by atoms with Gasteiger partial charge in [-0.3, -0.25) is 4.79 Å². The maximum absolute atomic E-state index is 11.1. The van der Waals surface area contributed by atoms with Crippen molar-refractivity contribution in [1.29, 1.82) is 0 Å². The van der Waals surface area contributed by atoms with Gasteiger partial charge in [0.1, 0.15) is 0 Å². The molecule has 0 fully saturated rings. The second-order valence-electron chi connectivity index (χ2n) is 5.06. The van der Waals surface area contributed by atoms with Crippen molar-refractivity contribution >= 4 is 5.91 Å². The molecule has 4 heteroatoms. The van der Waals surface area contributed by atoms with Crippen molar-refractivity contribution in [1.82, 2.24) is 5.32 Å². The summed E-state index contributed by atoms with van der Waals surface area (Å²) >= 11 is 0. The molecule has 2 aromatic rings. The summed E-state index contributed by atoms with van der Waals surface area (Å²) in [6.07, 6.45) is -0.531. The first kappa shape index (κ1) is 15.2. The van der Waals surface area contributed by atoms with Gasteiger partial charge in [0.05, 0.1) is 6.10 Å². The number of nitrogens with two attached hydrogens (primary N) is 1. The Morgan fingerprint density at radius 2 is 1.95 bits per heavy atom. The molecule has 1 atom stereocenters. The van der Waals surface area contributed by atoms with Crippen molar-refractivity contribution < 1.29 is 9.90 Å². The third kappa shape index (κ3) is 4.15. The molecule has 4 nitrogen and oxygen atoms in total. The zero-order chi connectivity index (χ0) is 15.2. The normalized spacial score (nSPS) is 12.1. The molecule has 2 aromatic carbocycles. The number of hydrogen-bond acceptors (Lipinski definition) is 3. The van der Waals surface area contributed by atoms with Crippen LogP contribution in [0.4, 0.5) is 0 Å². The predicted molar refractivity (Wildman–Crippen MR) is 82.8 cm³/mol. The minimum Gasteiger partial charge on any atom is -0.387 e. The van der Waals surface area contributed by atoms with Crippen LogP contribution in [0.2, 0.25) is 0 Å². The van der Waals surface area contributed by atoms with E-state index < -0.39 is 12.0 Å². The minimum atomic E-state index is -0.531. The molecule has 0 aromatic heterocycles. The molecule has 0 bridgehead atoms. The Morgan fingerprint density at radius 3 is 2.57 bits per heavy atom. The van der Waals surface area contributed by atoms with E-state index in [0.29, 0.717) is 18.7 Å². The summed E-state index contributed by atoms with van der Waals surface area (Å²) in [5.41, 5.74) is 8.75. The Bertz CT molecular complexity index is 611. The maximum Gasteiger partial charge on any atom is 0.248 e. The number of primary amides is 1. The monoisotopic (exact) mass is 284 g/mol. The van der Waals surface area contributed by atoms with Gasteiger partial charge in [-0.1, -0.05) is 36.4 Å². The molecule has 110 valence electrons. The molecule has 1 unspecified atom stereocenters. The van der Waals surface area contributed by atoms with E-state index in [1.54, 1.807) is 12.1 Å². The first-order chi connectivity index (χ1) is 10.1. The van der Waals surface area contributed by atoms with E-state index in [0.717, 1.165) is 16.7 Å². The van der Waals surface area contributed by atoms with Gasteiger partial charge in [-0.15, -0.1) is 0 Å². The number of amides is 1. The van der Waals surface area contributed by atoms with Gasteiger partial charge >= 0.3 is 0 Å². The molecular weight excluding hydrogens is 264 g/mol. The average Bonchev–Trinajstić information content (AvgIpc) is 2.49. The Hall–Kier alpha value is -2.17. The summed E-state index contributed by atoms with van der Waals surface area (Å²) < 4.78 is 0. The highest BCUT2D eigenvalue weighted by Crippen LogP contribution is 2.13. The first-order valence-corrected chi connectivity index (χ1v) is 6.91. The standard InChI is InChI=1S/C17H20N2O2/c1-12-9-14(17(18)21)7-8-15(12)10-19-11-16(20)13-5-3-2-4-6-13/h2-9,16,19-20H,10-11H2,1H3,(H2,18,21). The van der Waals surface area contributed by atoms with Crippen molar-refractivity contribution in [3.05, 3.63) is 70.8 Å². The summed E-state index contributed by atoms with van der Waals surface area (Å²) in [4.78, 5) is 11.1. The van der Waals surface area contributed by atoms with Crippen LogP contribution in [0.5, 0.6) is 0 Å². The topological polar surface area (TPSA) is 75.4 Å². The van der Waals surface area contributed by atoms with E-state index in [-0.39, 0.29) is 0 Å². The zero-order valence-electron chi connectivity index (χ0n) is 12.0. The lowest BCUT2D eigenvalue weighted by Gasteiger charge is -2.13. The number of carbonyl (C=O) groups is 1. The van der Waals surface area contributed by atoms with Crippen molar-refractivity contribution in [2.45, 2.75) is 19.6 Å². The molecule has 0 aliphatic rings. The molecule has 2 rings (SSSR count). The van der Waals surface area contributed by atoms with Crippen molar-refractivity contribution in [3.63, 3.8) is 0 Å². The van der Waals surface area contributed by atoms with Gasteiger partial charge in [0.15, 0.2) is 0 Å². The van der Waals surface area contributed by atoms with Crippen LogP contribution >= 0.6 is 0 Å². The highest BCUT2D eigenvalue weighted by atomic mass is 16.3. The third-order valence-electron chi connectivity index (χ3n) is 3.46. The van der Waals surface area contributed by atoms with Gasteiger partial charge in [0.25, 0.3) is 0 Å². The van der Waals surface area contributed by atoms with Gasteiger partial charge in [-0.25, -0.2) is 0 Å². The Balaban J connectivity index is 1.90. The molecular formula is C17H20N2O2. The maximum atomic E-state index is 11.1. The lowest BCUT2D eigenvalue weighted by molar-refractivity contribution is 0.1000. The Morgan fingerprint density at radius 1 is 1.24 bits per heavy atom. The van der Waals surface area contributed by atoms with Crippen LogP contribution in [0.3, 0.4) is 0 Å². The minimum absolute atomic E-state index is 0.419. The summed E-state index contributed by atoms with van der Waals surface area (Å²) in [7, 11) is 0. The second-order valence-corrected chi connectivity index (χ2v) is 5.06. The lowest BCUT2D eigenvalue weighted by Crippen LogP contribution is -2.21. The number of aliphatic hydroxyl groups is 1. The van der Waals surface area contributed by atoms with Crippen LogP contribution in [0.1, 0.15) is 33.2 Å². The summed E-state index contributed by atoms with van der Waals surface area (Å²) in [5, 5.41) is 13.3. The van der Waals surface area contributed by atoms with E-state index in [1.165, 1.54) is 0 Å². The van der Waals surface area contributed by atoms with Gasteiger partial charge in [-0.2, -0.15) is 0 Å². The molecule has 4 N–H and O–H groups in total. The summed E-state index contributed by atoms with van der Waals surface area (Å²) in [6, 6.07) is 14.9. The molecule has 0 saturated heterocycles. The number of nitrogens with one attached hydrogen (secondary N) is 1. The Labute approximate surface area is 124 Å².